The summed E-state index contributed by atoms with van der Waals surface area (Å²) in [5.41, 5.74) is 1.86. The Morgan fingerprint density at radius 1 is 1.44 bits per heavy atom. The minimum Gasteiger partial charge on any atom is -0.456 e. The zero-order valence-corrected chi connectivity index (χ0v) is 10.6. The molecule has 16 heavy (non-hydrogen) atoms. The van der Waals surface area contributed by atoms with Crippen molar-refractivity contribution >= 4 is 5.97 Å². The van der Waals surface area contributed by atoms with Gasteiger partial charge in [0.2, 0.25) is 0 Å². The minimum atomic E-state index is -0.467. The van der Waals surface area contributed by atoms with Crippen LogP contribution in [0.4, 0.5) is 0 Å². The molecule has 3 nitrogen and oxygen atoms in total. The predicted molar refractivity (Wildman–Crippen MR) is 63.5 cm³/mol. The van der Waals surface area contributed by atoms with Crippen LogP contribution in [-0.4, -0.2) is 16.6 Å². The summed E-state index contributed by atoms with van der Waals surface area (Å²) in [6, 6.07) is 1.86. The van der Waals surface area contributed by atoms with Gasteiger partial charge in [0, 0.05) is 6.20 Å². The normalized spacial score (nSPS) is 11.3. The van der Waals surface area contributed by atoms with Crippen LogP contribution in [0.25, 0.3) is 0 Å². The first-order valence-electron chi connectivity index (χ1n) is 5.52. The van der Waals surface area contributed by atoms with E-state index in [0.717, 1.165) is 12.0 Å². The maximum absolute atomic E-state index is 11.9. The van der Waals surface area contributed by atoms with Crippen LogP contribution in [0.5, 0.6) is 0 Å². The summed E-state index contributed by atoms with van der Waals surface area (Å²) in [5, 5.41) is 0. The lowest BCUT2D eigenvalue weighted by atomic mass is 10.1. The maximum Gasteiger partial charge on any atom is 0.340 e. The summed E-state index contributed by atoms with van der Waals surface area (Å²) < 4.78 is 5.33. The number of ether oxygens (including phenoxy) is 1. The Hall–Kier alpha value is -1.38. The highest BCUT2D eigenvalue weighted by atomic mass is 16.6. The molecule has 0 saturated carbocycles. The molecule has 0 saturated heterocycles. The van der Waals surface area contributed by atoms with E-state index in [1.807, 2.05) is 40.7 Å². The van der Waals surface area contributed by atoms with Gasteiger partial charge < -0.3 is 4.74 Å². The third kappa shape index (κ3) is 3.33. The van der Waals surface area contributed by atoms with Crippen LogP contribution in [0.2, 0.25) is 0 Å². The first kappa shape index (κ1) is 12.7. The second-order valence-electron chi connectivity index (χ2n) is 4.83. The van der Waals surface area contributed by atoms with Gasteiger partial charge in [-0.3, -0.25) is 4.98 Å². The molecular formula is C13H19NO2. The lowest BCUT2D eigenvalue weighted by Crippen LogP contribution is -2.24. The number of esters is 1. The van der Waals surface area contributed by atoms with E-state index in [1.54, 1.807) is 6.20 Å². The minimum absolute atomic E-state index is 0.298. The molecule has 0 unspecified atom stereocenters. The van der Waals surface area contributed by atoms with Crippen molar-refractivity contribution in [2.45, 2.75) is 46.6 Å². The number of aryl methyl sites for hydroxylation is 2. The zero-order chi connectivity index (χ0) is 12.3. The average Bonchev–Trinajstić information content (AvgIpc) is 2.15. The lowest BCUT2D eigenvalue weighted by Gasteiger charge is -2.20. The molecule has 3 heteroatoms. The summed E-state index contributed by atoms with van der Waals surface area (Å²) in [5.74, 6) is -0.298. The van der Waals surface area contributed by atoms with Crippen molar-refractivity contribution in [3.8, 4) is 0 Å². The van der Waals surface area contributed by atoms with E-state index in [2.05, 4.69) is 4.98 Å². The Balaban J connectivity index is 2.98. The Morgan fingerprint density at radius 2 is 2.06 bits per heavy atom. The fourth-order valence-electron chi connectivity index (χ4n) is 1.31. The molecule has 0 radical (unpaired) electrons. The van der Waals surface area contributed by atoms with E-state index in [9.17, 15) is 4.79 Å². The second-order valence-corrected chi connectivity index (χ2v) is 4.83. The highest BCUT2D eigenvalue weighted by molar-refractivity contribution is 5.90. The molecule has 0 bridgehead atoms. The molecular weight excluding hydrogens is 202 g/mol. The van der Waals surface area contributed by atoms with Crippen LogP contribution in [0, 0.1) is 6.92 Å². The van der Waals surface area contributed by atoms with E-state index >= 15 is 0 Å². The highest BCUT2D eigenvalue weighted by Gasteiger charge is 2.19. The Kier molecular flexibility index (Phi) is 3.68. The van der Waals surface area contributed by atoms with Crippen molar-refractivity contribution in [2.75, 3.05) is 0 Å². The molecule has 0 amide bonds. The van der Waals surface area contributed by atoms with Crippen molar-refractivity contribution in [2.24, 2.45) is 0 Å². The third-order valence-electron chi connectivity index (χ3n) is 2.17. The average molecular weight is 221 g/mol. The molecule has 0 aliphatic rings. The van der Waals surface area contributed by atoms with Gasteiger partial charge in [-0.15, -0.1) is 0 Å². The van der Waals surface area contributed by atoms with Gasteiger partial charge >= 0.3 is 5.97 Å². The maximum atomic E-state index is 11.9. The van der Waals surface area contributed by atoms with Crippen molar-refractivity contribution in [3.05, 3.63) is 29.1 Å². The van der Waals surface area contributed by atoms with Gasteiger partial charge in [0.15, 0.2) is 0 Å². The summed E-state index contributed by atoms with van der Waals surface area (Å²) in [7, 11) is 0. The molecule has 0 fully saturated rings. The summed E-state index contributed by atoms with van der Waals surface area (Å²) >= 11 is 0. The molecule has 0 aromatic carbocycles. The smallest absolute Gasteiger partial charge is 0.340 e. The largest absolute Gasteiger partial charge is 0.456 e. The number of hydrogen-bond donors (Lipinski definition) is 0. The molecule has 1 aromatic rings. The highest BCUT2D eigenvalue weighted by Crippen LogP contribution is 2.15. The van der Waals surface area contributed by atoms with Crippen LogP contribution in [0.1, 0.15) is 49.3 Å². The SMILES string of the molecule is CCc1cnc(C)c(C(=O)OC(C)(C)C)c1. The fraction of sp³-hybridized carbons (Fsp3) is 0.538. The standard InChI is InChI=1S/C13H19NO2/c1-6-10-7-11(9(2)14-8-10)12(15)16-13(3,4)5/h7-8H,6H2,1-5H3. The number of aromatic nitrogens is 1. The number of carbonyl (C=O) groups is 1. The fourth-order valence-corrected chi connectivity index (χ4v) is 1.31. The van der Waals surface area contributed by atoms with Crippen LogP contribution in [0.3, 0.4) is 0 Å². The van der Waals surface area contributed by atoms with Crippen molar-refractivity contribution < 1.29 is 9.53 Å². The van der Waals surface area contributed by atoms with Gasteiger partial charge in [0.25, 0.3) is 0 Å². The van der Waals surface area contributed by atoms with Gasteiger partial charge in [-0.25, -0.2) is 4.79 Å². The number of hydrogen-bond acceptors (Lipinski definition) is 3. The van der Waals surface area contributed by atoms with Gasteiger partial charge in [0.05, 0.1) is 11.3 Å². The zero-order valence-electron chi connectivity index (χ0n) is 10.6. The van der Waals surface area contributed by atoms with E-state index in [0.29, 0.717) is 11.3 Å². The summed E-state index contributed by atoms with van der Waals surface area (Å²) in [6.45, 7) is 9.43. The number of rotatable bonds is 2. The van der Waals surface area contributed by atoms with Crippen LogP contribution < -0.4 is 0 Å². The molecule has 1 rings (SSSR count). The first-order valence-corrected chi connectivity index (χ1v) is 5.52. The molecule has 1 aromatic heterocycles. The topological polar surface area (TPSA) is 39.2 Å². The third-order valence-corrected chi connectivity index (χ3v) is 2.17. The van der Waals surface area contributed by atoms with Gasteiger partial charge in [-0.05, 0) is 45.7 Å². The Bertz CT molecular complexity index is 391. The quantitative estimate of drug-likeness (QED) is 0.721. The van der Waals surface area contributed by atoms with E-state index < -0.39 is 5.60 Å². The summed E-state index contributed by atoms with van der Waals surface area (Å²) in [4.78, 5) is 16.1. The molecule has 0 spiro atoms. The molecule has 0 N–H and O–H groups in total. The number of nitrogens with zero attached hydrogens (tertiary/aromatic N) is 1. The van der Waals surface area contributed by atoms with Crippen molar-refractivity contribution in [1.82, 2.24) is 4.98 Å². The number of pyridine rings is 1. The molecule has 0 atom stereocenters. The summed E-state index contributed by atoms with van der Waals surface area (Å²) in [6.07, 6.45) is 2.66. The van der Waals surface area contributed by atoms with Gasteiger partial charge in [-0.1, -0.05) is 6.92 Å². The molecule has 1 heterocycles. The molecule has 88 valence electrons. The Labute approximate surface area is 96.8 Å². The van der Waals surface area contributed by atoms with Crippen molar-refractivity contribution in [1.29, 1.82) is 0 Å². The number of carbonyl (C=O) groups excluding carboxylic acids is 1. The lowest BCUT2D eigenvalue weighted by molar-refractivity contribution is 0.00681. The van der Waals surface area contributed by atoms with E-state index in [4.69, 9.17) is 4.74 Å². The Morgan fingerprint density at radius 3 is 2.56 bits per heavy atom. The van der Waals surface area contributed by atoms with Gasteiger partial charge in [0.1, 0.15) is 5.60 Å². The first-order chi connectivity index (χ1) is 7.33. The van der Waals surface area contributed by atoms with Crippen LogP contribution in [0.15, 0.2) is 12.3 Å². The van der Waals surface area contributed by atoms with Gasteiger partial charge in [-0.2, -0.15) is 0 Å². The van der Waals surface area contributed by atoms with Crippen molar-refractivity contribution in [3.63, 3.8) is 0 Å². The monoisotopic (exact) mass is 221 g/mol. The molecule has 0 aliphatic carbocycles. The predicted octanol–water partition coefficient (Wildman–Crippen LogP) is 2.91. The van der Waals surface area contributed by atoms with Crippen LogP contribution >= 0.6 is 0 Å². The molecule has 0 aliphatic heterocycles. The second kappa shape index (κ2) is 4.64. The van der Waals surface area contributed by atoms with E-state index in [-0.39, 0.29) is 5.97 Å². The van der Waals surface area contributed by atoms with Crippen LogP contribution in [-0.2, 0) is 11.2 Å². The van der Waals surface area contributed by atoms with E-state index in [1.165, 1.54) is 0 Å².